The van der Waals surface area contributed by atoms with E-state index in [0.29, 0.717) is 23.0 Å². The summed E-state index contributed by atoms with van der Waals surface area (Å²) in [5.41, 5.74) is 5.76. The number of ether oxygens (including phenoxy) is 2. The molecule has 0 saturated heterocycles. The smallest absolute Gasteiger partial charge is 0.256 e. The van der Waals surface area contributed by atoms with Crippen LogP contribution in [0, 0.1) is 0 Å². The van der Waals surface area contributed by atoms with Crippen LogP contribution in [0.1, 0.15) is 48.2 Å². The van der Waals surface area contributed by atoms with Crippen LogP contribution in [0.4, 0.5) is 5.69 Å². The van der Waals surface area contributed by atoms with Crippen molar-refractivity contribution in [2.24, 2.45) is 0 Å². The SMILES string of the molecule is COc1cc2c(c(OC)c1)C(=Cc1cc3c([nH]1)CCCC3C)C(=O)N2. The van der Waals surface area contributed by atoms with Gasteiger partial charge in [-0.25, -0.2) is 0 Å². The second-order valence-corrected chi connectivity index (χ2v) is 6.72. The predicted octanol–water partition coefficient (Wildman–Crippen LogP) is 3.96. The number of carbonyl (C=O) groups is 1. The first-order chi connectivity index (χ1) is 12.1. The lowest BCUT2D eigenvalue weighted by Crippen LogP contribution is -2.04. The number of fused-ring (bicyclic) bond motifs is 2. The Kier molecular flexibility index (Phi) is 3.79. The summed E-state index contributed by atoms with van der Waals surface area (Å²) < 4.78 is 10.8. The lowest BCUT2D eigenvalue weighted by Gasteiger charge is -2.17. The van der Waals surface area contributed by atoms with E-state index in [1.807, 2.05) is 12.1 Å². The number of hydrogen-bond donors (Lipinski definition) is 2. The molecular formula is C20H22N2O3. The number of aromatic nitrogens is 1. The van der Waals surface area contributed by atoms with Gasteiger partial charge in [0.2, 0.25) is 0 Å². The minimum atomic E-state index is -0.123. The highest BCUT2D eigenvalue weighted by atomic mass is 16.5. The Labute approximate surface area is 147 Å². The zero-order valence-corrected chi connectivity index (χ0v) is 14.7. The topological polar surface area (TPSA) is 63.4 Å². The van der Waals surface area contributed by atoms with Crippen LogP contribution in [-0.2, 0) is 11.2 Å². The van der Waals surface area contributed by atoms with Crippen molar-refractivity contribution in [3.63, 3.8) is 0 Å². The minimum Gasteiger partial charge on any atom is -0.497 e. The van der Waals surface area contributed by atoms with Crippen molar-refractivity contribution in [3.8, 4) is 11.5 Å². The Hall–Kier alpha value is -2.69. The third-order valence-electron chi connectivity index (χ3n) is 5.14. The Morgan fingerprint density at radius 1 is 1.20 bits per heavy atom. The summed E-state index contributed by atoms with van der Waals surface area (Å²) in [6.07, 6.45) is 5.42. The number of hydrogen-bond acceptors (Lipinski definition) is 3. The number of H-pyrrole nitrogens is 1. The van der Waals surface area contributed by atoms with Crippen LogP contribution >= 0.6 is 0 Å². The van der Waals surface area contributed by atoms with E-state index >= 15 is 0 Å². The second-order valence-electron chi connectivity index (χ2n) is 6.72. The molecule has 1 atom stereocenters. The van der Waals surface area contributed by atoms with Crippen LogP contribution in [0.25, 0.3) is 11.6 Å². The molecule has 2 N–H and O–H groups in total. The van der Waals surface area contributed by atoms with Crippen molar-refractivity contribution in [1.82, 2.24) is 4.98 Å². The molecule has 130 valence electrons. The zero-order chi connectivity index (χ0) is 17.6. The molecule has 5 heteroatoms. The minimum absolute atomic E-state index is 0.123. The van der Waals surface area contributed by atoms with E-state index in [1.54, 1.807) is 20.3 Å². The van der Waals surface area contributed by atoms with Gasteiger partial charge in [-0.15, -0.1) is 0 Å². The van der Waals surface area contributed by atoms with Crippen LogP contribution in [0.2, 0.25) is 0 Å². The number of carbonyl (C=O) groups excluding carboxylic acids is 1. The van der Waals surface area contributed by atoms with Crippen molar-refractivity contribution in [3.05, 3.63) is 40.7 Å². The maximum absolute atomic E-state index is 12.5. The van der Waals surface area contributed by atoms with Crippen molar-refractivity contribution >= 4 is 23.2 Å². The molecule has 4 rings (SSSR count). The van der Waals surface area contributed by atoms with E-state index in [4.69, 9.17) is 9.47 Å². The molecule has 1 aliphatic heterocycles. The number of aryl methyl sites for hydroxylation is 1. The van der Waals surface area contributed by atoms with Crippen molar-refractivity contribution in [2.75, 3.05) is 19.5 Å². The number of anilines is 1. The van der Waals surface area contributed by atoms with Crippen LogP contribution in [0.15, 0.2) is 18.2 Å². The van der Waals surface area contributed by atoms with Crippen molar-refractivity contribution < 1.29 is 14.3 Å². The third-order valence-corrected chi connectivity index (χ3v) is 5.14. The molecule has 25 heavy (non-hydrogen) atoms. The Morgan fingerprint density at radius 3 is 2.76 bits per heavy atom. The van der Waals surface area contributed by atoms with E-state index in [-0.39, 0.29) is 5.91 Å². The molecule has 0 bridgehead atoms. The molecule has 0 radical (unpaired) electrons. The highest BCUT2D eigenvalue weighted by Gasteiger charge is 2.29. The van der Waals surface area contributed by atoms with Gasteiger partial charge in [-0.2, -0.15) is 0 Å². The Bertz CT molecular complexity index is 879. The van der Waals surface area contributed by atoms with Gasteiger partial charge in [0, 0.05) is 23.5 Å². The zero-order valence-electron chi connectivity index (χ0n) is 14.7. The summed E-state index contributed by atoms with van der Waals surface area (Å²) in [5, 5.41) is 2.91. The maximum atomic E-state index is 12.5. The fourth-order valence-corrected chi connectivity index (χ4v) is 3.84. The third kappa shape index (κ3) is 2.60. The van der Waals surface area contributed by atoms with Gasteiger partial charge in [0.25, 0.3) is 5.91 Å². The standard InChI is InChI=1S/C20H22N2O3/c1-11-5-4-6-16-14(11)7-12(21-16)8-15-19-17(22-20(15)23)9-13(24-2)10-18(19)25-3/h7-11,21H,4-6H2,1-3H3,(H,22,23). The van der Waals surface area contributed by atoms with Crippen LogP contribution in [-0.4, -0.2) is 25.1 Å². The first-order valence-electron chi connectivity index (χ1n) is 8.62. The molecule has 0 spiro atoms. The van der Waals surface area contributed by atoms with Crippen LogP contribution in [0.5, 0.6) is 11.5 Å². The van der Waals surface area contributed by atoms with E-state index in [2.05, 4.69) is 23.3 Å². The number of rotatable bonds is 3. The van der Waals surface area contributed by atoms with Crippen LogP contribution < -0.4 is 14.8 Å². The Balaban J connectivity index is 1.80. The first-order valence-corrected chi connectivity index (χ1v) is 8.62. The molecule has 5 nitrogen and oxygen atoms in total. The maximum Gasteiger partial charge on any atom is 0.256 e. The van der Waals surface area contributed by atoms with Gasteiger partial charge in [-0.05, 0) is 42.9 Å². The monoisotopic (exact) mass is 338 g/mol. The van der Waals surface area contributed by atoms with Crippen molar-refractivity contribution in [2.45, 2.75) is 32.1 Å². The average molecular weight is 338 g/mol. The summed E-state index contributed by atoms with van der Waals surface area (Å²) in [6, 6.07) is 5.79. The molecule has 2 heterocycles. The van der Waals surface area contributed by atoms with E-state index in [0.717, 1.165) is 23.4 Å². The molecule has 2 aromatic rings. The molecule has 0 saturated carbocycles. The van der Waals surface area contributed by atoms with Gasteiger partial charge in [0.15, 0.2) is 0 Å². The molecule has 0 fully saturated rings. The Morgan fingerprint density at radius 2 is 2.04 bits per heavy atom. The van der Waals surface area contributed by atoms with E-state index in [1.165, 1.54) is 24.1 Å². The average Bonchev–Trinajstić information content (AvgIpc) is 3.16. The number of methoxy groups -OCH3 is 2. The summed E-state index contributed by atoms with van der Waals surface area (Å²) >= 11 is 0. The number of benzene rings is 1. The molecule has 1 unspecified atom stereocenters. The molecular weight excluding hydrogens is 316 g/mol. The van der Waals surface area contributed by atoms with Gasteiger partial charge in [-0.1, -0.05) is 6.92 Å². The fourth-order valence-electron chi connectivity index (χ4n) is 3.84. The quantitative estimate of drug-likeness (QED) is 0.833. The van der Waals surface area contributed by atoms with Crippen molar-refractivity contribution in [1.29, 1.82) is 0 Å². The first kappa shape index (κ1) is 15.8. The molecule has 1 aliphatic carbocycles. The highest BCUT2D eigenvalue weighted by Crippen LogP contribution is 2.43. The summed E-state index contributed by atoms with van der Waals surface area (Å²) in [6.45, 7) is 2.26. The predicted molar refractivity (Wildman–Crippen MR) is 98.2 cm³/mol. The van der Waals surface area contributed by atoms with Crippen LogP contribution in [0.3, 0.4) is 0 Å². The van der Waals surface area contributed by atoms with E-state index < -0.39 is 0 Å². The summed E-state index contributed by atoms with van der Waals surface area (Å²) in [5.74, 6) is 1.72. The lowest BCUT2D eigenvalue weighted by atomic mass is 9.88. The molecule has 1 aromatic carbocycles. The number of nitrogens with one attached hydrogen (secondary N) is 2. The lowest BCUT2D eigenvalue weighted by molar-refractivity contribution is -0.110. The number of aromatic amines is 1. The normalized spacial score (nSPS) is 20.2. The summed E-state index contributed by atoms with van der Waals surface area (Å²) in [7, 11) is 3.20. The van der Waals surface area contributed by atoms with Gasteiger partial charge >= 0.3 is 0 Å². The molecule has 2 aliphatic rings. The summed E-state index contributed by atoms with van der Waals surface area (Å²) in [4.78, 5) is 16.0. The number of amides is 1. The largest absolute Gasteiger partial charge is 0.497 e. The highest BCUT2D eigenvalue weighted by molar-refractivity contribution is 6.35. The fraction of sp³-hybridized carbons (Fsp3) is 0.350. The second kappa shape index (κ2) is 5.99. The van der Waals surface area contributed by atoms with Gasteiger partial charge in [-0.3, -0.25) is 4.79 Å². The van der Waals surface area contributed by atoms with Gasteiger partial charge in [0.1, 0.15) is 11.5 Å². The molecule has 1 amide bonds. The van der Waals surface area contributed by atoms with Gasteiger partial charge in [0.05, 0.1) is 31.0 Å². The van der Waals surface area contributed by atoms with E-state index in [9.17, 15) is 4.79 Å². The van der Waals surface area contributed by atoms with Gasteiger partial charge < -0.3 is 19.8 Å². The molecule has 1 aromatic heterocycles.